The van der Waals surface area contributed by atoms with Crippen molar-refractivity contribution < 1.29 is 0 Å². The number of benzene rings is 1. The van der Waals surface area contributed by atoms with E-state index in [0.29, 0.717) is 0 Å². The molecule has 2 aromatic rings. The van der Waals surface area contributed by atoms with Gasteiger partial charge in [-0.05, 0) is 18.1 Å². The summed E-state index contributed by atoms with van der Waals surface area (Å²) in [5, 5.41) is 9.34. The Morgan fingerprint density at radius 2 is 2.00 bits per heavy atom. The van der Waals surface area contributed by atoms with Crippen molar-refractivity contribution in [1.82, 2.24) is 4.98 Å². The molecule has 2 nitrogen and oxygen atoms in total. The number of nitriles is 1. The van der Waals surface area contributed by atoms with E-state index in [9.17, 15) is 0 Å². The second-order valence-electron chi connectivity index (χ2n) is 2.74. The van der Waals surface area contributed by atoms with Crippen LogP contribution in [0.1, 0.15) is 5.56 Å². The smallest absolute Gasteiger partial charge is 0.152 e. The van der Waals surface area contributed by atoms with Crippen LogP contribution in [0.15, 0.2) is 36.5 Å². The molecule has 2 heteroatoms. The molecule has 0 atom stereocenters. The van der Waals surface area contributed by atoms with Crippen molar-refractivity contribution in [3.8, 4) is 17.9 Å². The Bertz CT molecular complexity index is 563. The molecule has 1 aromatic carbocycles. The summed E-state index contributed by atoms with van der Waals surface area (Å²) in [5.41, 5.74) is 1.74. The van der Waals surface area contributed by atoms with Crippen LogP contribution in [-0.2, 0) is 0 Å². The summed E-state index contributed by atoms with van der Waals surface area (Å²) in [6.45, 7) is 0. The molecule has 0 unspecified atom stereocenters. The van der Waals surface area contributed by atoms with Gasteiger partial charge in [0.25, 0.3) is 0 Å². The number of nitrogens with zero attached hydrogens (tertiary/aromatic N) is 2. The van der Waals surface area contributed by atoms with Gasteiger partial charge in [-0.2, -0.15) is 5.26 Å². The Hall–Kier alpha value is -2.32. The molecule has 0 bridgehead atoms. The maximum atomic E-state index is 8.36. The van der Waals surface area contributed by atoms with Crippen molar-refractivity contribution >= 4 is 10.9 Å². The van der Waals surface area contributed by atoms with Crippen LogP contribution in [0, 0.1) is 23.2 Å². The summed E-state index contributed by atoms with van der Waals surface area (Å²) in [7, 11) is 0. The quantitative estimate of drug-likeness (QED) is 0.579. The first-order valence-corrected chi connectivity index (χ1v) is 4.15. The lowest BCUT2D eigenvalue weighted by atomic mass is 10.1. The van der Waals surface area contributed by atoms with Crippen LogP contribution in [0.25, 0.3) is 10.9 Å². The molecule has 0 N–H and O–H groups in total. The number of aromatic nitrogens is 1. The summed E-state index contributed by atoms with van der Waals surface area (Å²) in [5.74, 6) is 5.17. The van der Waals surface area contributed by atoms with E-state index < -0.39 is 0 Å². The minimum atomic E-state index is 0.845. The molecule has 0 aliphatic carbocycles. The molecule has 0 spiro atoms. The normalized spacial score (nSPS) is 8.79. The second kappa shape index (κ2) is 3.60. The highest BCUT2D eigenvalue weighted by Crippen LogP contribution is 2.14. The first-order chi connectivity index (χ1) is 6.92. The SMILES string of the molecule is N#CC#Cc1ccnc2ccccc12. The number of rotatable bonds is 0. The fourth-order valence-corrected chi connectivity index (χ4v) is 1.30. The molecule has 0 radical (unpaired) electrons. The molecule has 1 heterocycles. The van der Waals surface area contributed by atoms with E-state index in [0.717, 1.165) is 16.5 Å². The Morgan fingerprint density at radius 1 is 1.14 bits per heavy atom. The maximum Gasteiger partial charge on any atom is 0.152 e. The van der Waals surface area contributed by atoms with Gasteiger partial charge < -0.3 is 0 Å². The predicted octanol–water partition coefficient (Wildman–Crippen LogP) is 2.11. The summed E-state index contributed by atoms with van der Waals surface area (Å²) in [4.78, 5) is 4.20. The van der Waals surface area contributed by atoms with Gasteiger partial charge in [0.1, 0.15) is 0 Å². The summed E-state index contributed by atoms with van der Waals surface area (Å²) in [6.07, 6.45) is 1.70. The lowest BCUT2D eigenvalue weighted by Gasteiger charge is -1.97. The minimum absolute atomic E-state index is 0.845. The zero-order valence-electron chi connectivity index (χ0n) is 7.36. The zero-order chi connectivity index (χ0) is 9.80. The van der Waals surface area contributed by atoms with Gasteiger partial charge in [0.15, 0.2) is 6.07 Å². The Morgan fingerprint density at radius 3 is 2.86 bits per heavy atom. The summed E-state index contributed by atoms with van der Waals surface area (Å²) in [6, 6.07) is 11.3. The summed E-state index contributed by atoms with van der Waals surface area (Å²) >= 11 is 0. The molecule has 64 valence electrons. The standard InChI is InChI=1S/C12H6N2/c13-8-3-4-10-7-9-14-12-6-2-1-5-11(10)12/h1-2,5-7,9H. The molecule has 0 aliphatic rings. The molecular weight excluding hydrogens is 172 g/mol. The van der Waals surface area contributed by atoms with Gasteiger partial charge in [-0.25, -0.2) is 0 Å². The minimum Gasteiger partial charge on any atom is -0.256 e. The van der Waals surface area contributed by atoms with E-state index in [1.54, 1.807) is 12.3 Å². The van der Waals surface area contributed by atoms with E-state index in [-0.39, 0.29) is 0 Å². The second-order valence-corrected chi connectivity index (χ2v) is 2.74. The van der Waals surface area contributed by atoms with Gasteiger partial charge in [-0.15, -0.1) is 0 Å². The lowest BCUT2D eigenvalue weighted by molar-refractivity contribution is 1.40. The van der Waals surface area contributed by atoms with E-state index in [4.69, 9.17) is 5.26 Å². The van der Waals surface area contributed by atoms with Gasteiger partial charge in [0, 0.05) is 23.1 Å². The number of pyridine rings is 1. The van der Waals surface area contributed by atoms with Crippen LogP contribution in [0.2, 0.25) is 0 Å². The lowest BCUT2D eigenvalue weighted by Crippen LogP contribution is -1.82. The van der Waals surface area contributed by atoms with Crippen molar-refractivity contribution in [2.45, 2.75) is 0 Å². The van der Waals surface area contributed by atoms with Crippen LogP contribution in [0.5, 0.6) is 0 Å². The average molecular weight is 178 g/mol. The number of hydrogen-bond donors (Lipinski definition) is 0. The van der Waals surface area contributed by atoms with Crippen molar-refractivity contribution in [3.05, 3.63) is 42.1 Å². The van der Waals surface area contributed by atoms with Crippen LogP contribution in [-0.4, -0.2) is 4.98 Å². The highest BCUT2D eigenvalue weighted by Gasteiger charge is 1.96. The molecule has 0 saturated carbocycles. The maximum absolute atomic E-state index is 8.36. The highest BCUT2D eigenvalue weighted by molar-refractivity contribution is 5.84. The molecule has 1 aromatic heterocycles. The van der Waals surface area contributed by atoms with E-state index in [1.165, 1.54) is 0 Å². The van der Waals surface area contributed by atoms with Crippen molar-refractivity contribution in [3.63, 3.8) is 0 Å². The molecule has 14 heavy (non-hydrogen) atoms. The molecule has 0 fully saturated rings. The van der Waals surface area contributed by atoms with E-state index >= 15 is 0 Å². The largest absolute Gasteiger partial charge is 0.256 e. The van der Waals surface area contributed by atoms with Crippen molar-refractivity contribution in [1.29, 1.82) is 5.26 Å². The Kier molecular flexibility index (Phi) is 2.13. The van der Waals surface area contributed by atoms with Crippen LogP contribution in [0.3, 0.4) is 0 Å². The fraction of sp³-hybridized carbons (Fsp3) is 0. The Labute approximate surface area is 81.8 Å². The average Bonchev–Trinajstić information content (AvgIpc) is 2.26. The van der Waals surface area contributed by atoms with Crippen LogP contribution in [0.4, 0.5) is 0 Å². The van der Waals surface area contributed by atoms with Gasteiger partial charge in [-0.1, -0.05) is 18.2 Å². The molecule has 0 saturated heterocycles. The first-order valence-electron chi connectivity index (χ1n) is 4.15. The highest BCUT2D eigenvalue weighted by atomic mass is 14.6. The Balaban J connectivity index is 2.72. The van der Waals surface area contributed by atoms with Gasteiger partial charge in [-0.3, -0.25) is 4.98 Å². The van der Waals surface area contributed by atoms with Crippen LogP contribution >= 0.6 is 0 Å². The van der Waals surface area contributed by atoms with Crippen LogP contribution < -0.4 is 0 Å². The topological polar surface area (TPSA) is 36.7 Å². The molecule has 2 rings (SSSR count). The van der Waals surface area contributed by atoms with Gasteiger partial charge in [0.05, 0.1) is 5.52 Å². The molecule has 0 aliphatic heterocycles. The van der Waals surface area contributed by atoms with Crippen molar-refractivity contribution in [2.75, 3.05) is 0 Å². The third kappa shape index (κ3) is 1.42. The van der Waals surface area contributed by atoms with Gasteiger partial charge >= 0.3 is 0 Å². The predicted molar refractivity (Wildman–Crippen MR) is 54.2 cm³/mol. The third-order valence-corrected chi connectivity index (χ3v) is 1.90. The molecule has 0 amide bonds. The number of fused-ring (bicyclic) bond motifs is 1. The number of hydrogen-bond acceptors (Lipinski definition) is 2. The van der Waals surface area contributed by atoms with Crippen molar-refractivity contribution in [2.24, 2.45) is 0 Å². The third-order valence-electron chi connectivity index (χ3n) is 1.90. The van der Waals surface area contributed by atoms with E-state index in [1.807, 2.05) is 30.3 Å². The van der Waals surface area contributed by atoms with Gasteiger partial charge in [0.2, 0.25) is 0 Å². The number of para-hydroxylation sites is 1. The first kappa shape index (κ1) is 8.29. The summed E-state index contributed by atoms with van der Waals surface area (Å²) < 4.78 is 0. The zero-order valence-corrected chi connectivity index (χ0v) is 7.36. The fourth-order valence-electron chi connectivity index (χ4n) is 1.30. The molecular formula is C12H6N2. The van der Waals surface area contributed by atoms with E-state index in [2.05, 4.69) is 16.8 Å². The monoisotopic (exact) mass is 178 g/mol.